The standard InChI is InChI=1S/C17H18O4/c1-12(18)14-7-8-16(17(10-14)20-3)21-11-13-5-4-6-15(9-13)19-2/h4-10H,11H2,1-3H3. The number of carbonyl (C=O) groups excluding carboxylic acids is 1. The third-order valence-corrected chi connectivity index (χ3v) is 3.10. The second-order valence-corrected chi connectivity index (χ2v) is 4.56. The lowest BCUT2D eigenvalue weighted by Crippen LogP contribution is -2.00. The van der Waals surface area contributed by atoms with Crippen molar-refractivity contribution in [2.24, 2.45) is 0 Å². The van der Waals surface area contributed by atoms with Gasteiger partial charge in [-0.25, -0.2) is 0 Å². The molecule has 0 amide bonds. The summed E-state index contributed by atoms with van der Waals surface area (Å²) in [6, 6.07) is 12.8. The van der Waals surface area contributed by atoms with E-state index in [9.17, 15) is 4.79 Å². The van der Waals surface area contributed by atoms with Gasteiger partial charge in [0.05, 0.1) is 14.2 Å². The maximum absolute atomic E-state index is 11.4. The molecular weight excluding hydrogens is 268 g/mol. The molecule has 0 aliphatic carbocycles. The molecule has 0 saturated carbocycles. The molecule has 2 rings (SSSR count). The Labute approximate surface area is 124 Å². The molecule has 0 N–H and O–H groups in total. The van der Waals surface area contributed by atoms with Crippen molar-refractivity contribution in [2.75, 3.05) is 14.2 Å². The summed E-state index contributed by atoms with van der Waals surface area (Å²) in [6.07, 6.45) is 0. The van der Waals surface area contributed by atoms with Crippen molar-refractivity contribution in [3.05, 3.63) is 53.6 Å². The van der Waals surface area contributed by atoms with Gasteiger partial charge in [0.15, 0.2) is 17.3 Å². The molecular formula is C17H18O4. The highest BCUT2D eigenvalue weighted by atomic mass is 16.5. The molecule has 0 aliphatic heterocycles. The quantitative estimate of drug-likeness (QED) is 0.763. The summed E-state index contributed by atoms with van der Waals surface area (Å²) in [5.74, 6) is 1.93. The minimum absolute atomic E-state index is 0.00681. The van der Waals surface area contributed by atoms with Crippen molar-refractivity contribution < 1.29 is 19.0 Å². The average Bonchev–Trinajstić information content (AvgIpc) is 2.52. The molecule has 110 valence electrons. The van der Waals surface area contributed by atoms with Gasteiger partial charge in [-0.15, -0.1) is 0 Å². The van der Waals surface area contributed by atoms with E-state index in [1.807, 2.05) is 24.3 Å². The Morgan fingerprint density at radius 1 is 1.00 bits per heavy atom. The summed E-state index contributed by atoms with van der Waals surface area (Å²) in [5.41, 5.74) is 1.59. The zero-order chi connectivity index (χ0) is 15.2. The molecule has 21 heavy (non-hydrogen) atoms. The Morgan fingerprint density at radius 2 is 1.81 bits per heavy atom. The Hall–Kier alpha value is -2.49. The molecule has 0 aromatic heterocycles. The van der Waals surface area contributed by atoms with Gasteiger partial charge in [-0.3, -0.25) is 4.79 Å². The lowest BCUT2D eigenvalue weighted by molar-refractivity contribution is 0.101. The zero-order valence-electron chi connectivity index (χ0n) is 12.4. The Morgan fingerprint density at radius 3 is 2.48 bits per heavy atom. The van der Waals surface area contributed by atoms with E-state index >= 15 is 0 Å². The zero-order valence-corrected chi connectivity index (χ0v) is 12.4. The summed E-state index contributed by atoms with van der Waals surface area (Å²) >= 11 is 0. The second kappa shape index (κ2) is 6.79. The van der Waals surface area contributed by atoms with Crippen LogP contribution in [-0.2, 0) is 6.61 Å². The first-order valence-electron chi connectivity index (χ1n) is 6.58. The van der Waals surface area contributed by atoms with E-state index in [1.165, 1.54) is 6.92 Å². The number of hydrogen-bond donors (Lipinski definition) is 0. The molecule has 4 heteroatoms. The first-order chi connectivity index (χ1) is 10.1. The van der Waals surface area contributed by atoms with Crippen molar-refractivity contribution in [3.8, 4) is 17.2 Å². The average molecular weight is 286 g/mol. The number of ether oxygens (including phenoxy) is 3. The Kier molecular flexibility index (Phi) is 4.82. The van der Waals surface area contributed by atoms with Crippen molar-refractivity contribution in [2.45, 2.75) is 13.5 Å². The van der Waals surface area contributed by atoms with Crippen LogP contribution in [-0.4, -0.2) is 20.0 Å². The molecule has 4 nitrogen and oxygen atoms in total. The third-order valence-electron chi connectivity index (χ3n) is 3.10. The van der Waals surface area contributed by atoms with Crippen LogP contribution in [0.4, 0.5) is 0 Å². The van der Waals surface area contributed by atoms with Crippen LogP contribution < -0.4 is 14.2 Å². The van der Waals surface area contributed by atoms with Crippen molar-refractivity contribution in [3.63, 3.8) is 0 Å². The van der Waals surface area contributed by atoms with Crippen molar-refractivity contribution in [1.29, 1.82) is 0 Å². The molecule has 0 aliphatic rings. The van der Waals surface area contributed by atoms with Gasteiger partial charge in [-0.1, -0.05) is 12.1 Å². The van der Waals surface area contributed by atoms with Gasteiger partial charge >= 0.3 is 0 Å². The molecule has 0 heterocycles. The number of hydrogen-bond acceptors (Lipinski definition) is 4. The largest absolute Gasteiger partial charge is 0.497 e. The first kappa shape index (κ1) is 14.9. The molecule has 0 saturated heterocycles. The van der Waals surface area contributed by atoms with Crippen LogP contribution in [0.1, 0.15) is 22.8 Å². The lowest BCUT2D eigenvalue weighted by Gasteiger charge is -2.12. The normalized spacial score (nSPS) is 10.0. The van der Waals surface area contributed by atoms with E-state index in [2.05, 4.69) is 0 Å². The molecule has 2 aromatic carbocycles. The van der Waals surface area contributed by atoms with Gasteiger partial charge in [-0.2, -0.15) is 0 Å². The van der Waals surface area contributed by atoms with Crippen LogP contribution >= 0.6 is 0 Å². The molecule has 0 spiro atoms. The molecule has 2 aromatic rings. The number of methoxy groups -OCH3 is 2. The van der Waals surface area contributed by atoms with Crippen molar-refractivity contribution >= 4 is 5.78 Å². The van der Waals surface area contributed by atoms with E-state index in [0.717, 1.165) is 11.3 Å². The van der Waals surface area contributed by atoms with Gasteiger partial charge in [-0.05, 0) is 42.8 Å². The van der Waals surface area contributed by atoms with E-state index in [1.54, 1.807) is 32.4 Å². The van der Waals surface area contributed by atoms with Crippen LogP contribution in [0, 0.1) is 0 Å². The first-order valence-corrected chi connectivity index (χ1v) is 6.58. The van der Waals surface area contributed by atoms with Crippen LogP contribution in [0.2, 0.25) is 0 Å². The van der Waals surface area contributed by atoms with Gasteiger partial charge < -0.3 is 14.2 Å². The number of carbonyl (C=O) groups is 1. The molecule has 0 atom stereocenters. The van der Waals surface area contributed by atoms with Crippen LogP contribution in [0.3, 0.4) is 0 Å². The molecule has 0 bridgehead atoms. The Bertz CT molecular complexity index is 634. The van der Waals surface area contributed by atoms with Crippen molar-refractivity contribution in [1.82, 2.24) is 0 Å². The highest BCUT2D eigenvalue weighted by Gasteiger charge is 2.08. The number of ketones is 1. The van der Waals surface area contributed by atoms with Gasteiger partial charge in [0, 0.05) is 5.56 Å². The summed E-state index contributed by atoms with van der Waals surface area (Å²) in [5, 5.41) is 0. The number of rotatable bonds is 6. The fraction of sp³-hybridized carbons (Fsp3) is 0.235. The maximum Gasteiger partial charge on any atom is 0.161 e. The Balaban J connectivity index is 2.13. The molecule has 0 unspecified atom stereocenters. The minimum atomic E-state index is -0.00681. The third kappa shape index (κ3) is 3.75. The monoisotopic (exact) mass is 286 g/mol. The lowest BCUT2D eigenvalue weighted by atomic mass is 10.1. The predicted molar refractivity (Wildman–Crippen MR) is 80.3 cm³/mol. The summed E-state index contributed by atoms with van der Waals surface area (Å²) in [4.78, 5) is 11.4. The highest BCUT2D eigenvalue weighted by molar-refractivity contribution is 5.94. The molecule has 0 fully saturated rings. The van der Waals surface area contributed by atoms with Gasteiger partial charge in [0.1, 0.15) is 12.4 Å². The number of benzene rings is 2. The van der Waals surface area contributed by atoms with Crippen LogP contribution in [0.15, 0.2) is 42.5 Å². The van der Waals surface area contributed by atoms with E-state index < -0.39 is 0 Å². The van der Waals surface area contributed by atoms with Crippen LogP contribution in [0.5, 0.6) is 17.2 Å². The predicted octanol–water partition coefficient (Wildman–Crippen LogP) is 3.49. The summed E-state index contributed by atoms with van der Waals surface area (Å²) in [6.45, 7) is 1.92. The van der Waals surface area contributed by atoms with Gasteiger partial charge in [0.2, 0.25) is 0 Å². The van der Waals surface area contributed by atoms with Gasteiger partial charge in [0.25, 0.3) is 0 Å². The number of Topliss-reactive ketones (excluding diaryl/α,β-unsaturated/α-hetero) is 1. The van der Waals surface area contributed by atoms with E-state index in [-0.39, 0.29) is 5.78 Å². The SMILES string of the molecule is COc1cccc(COc2ccc(C(C)=O)cc2OC)c1. The second-order valence-electron chi connectivity index (χ2n) is 4.56. The minimum Gasteiger partial charge on any atom is -0.497 e. The smallest absolute Gasteiger partial charge is 0.161 e. The van der Waals surface area contributed by atoms with E-state index in [0.29, 0.717) is 23.7 Å². The summed E-state index contributed by atoms with van der Waals surface area (Å²) in [7, 11) is 3.18. The fourth-order valence-corrected chi connectivity index (χ4v) is 1.93. The van der Waals surface area contributed by atoms with Crippen LogP contribution in [0.25, 0.3) is 0 Å². The fourth-order valence-electron chi connectivity index (χ4n) is 1.93. The molecule has 0 radical (unpaired) electrons. The van der Waals surface area contributed by atoms with E-state index in [4.69, 9.17) is 14.2 Å². The highest BCUT2D eigenvalue weighted by Crippen LogP contribution is 2.29. The summed E-state index contributed by atoms with van der Waals surface area (Å²) < 4.78 is 16.2. The maximum atomic E-state index is 11.4. The topological polar surface area (TPSA) is 44.8 Å².